The maximum atomic E-state index is 11.0. The molecule has 0 spiro atoms. The number of hydrogen-bond donors (Lipinski definition) is 2. The zero-order valence-corrected chi connectivity index (χ0v) is 7.52. The highest BCUT2D eigenvalue weighted by Crippen LogP contribution is 1.80. The van der Waals surface area contributed by atoms with Crippen LogP contribution >= 0.6 is 0 Å². The van der Waals surface area contributed by atoms with Crippen molar-refractivity contribution < 1.29 is 4.79 Å². The van der Waals surface area contributed by atoms with Gasteiger partial charge in [-0.3, -0.25) is 4.79 Å². The Morgan fingerprint density at radius 2 is 2.17 bits per heavy atom. The molecular weight excluding hydrogens is 152 g/mol. The van der Waals surface area contributed by atoms with Crippen LogP contribution in [0.2, 0.25) is 0 Å². The van der Waals surface area contributed by atoms with Crippen molar-refractivity contribution in [1.29, 1.82) is 0 Å². The molecule has 3 heteroatoms. The Morgan fingerprint density at radius 1 is 1.50 bits per heavy atom. The first-order chi connectivity index (χ1) is 5.66. The number of carbonyl (C=O) groups is 1. The zero-order chi connectivity index (χ0) is 9.40. The van der Waals surface area contributed by atoms with Gasteiger partial charge in [0.25, 0.3) is 0 Å². The average Bonchev–Trinajstić information content (AvgIpc) is 2.01. The fourth-order valence-electron chi connectivity index (χ4n) is 0.600. The standard InChI is InChI=1S/C9H16N2O/c1-4-5-10-7-9(12)11-6-8(2)3/h4,10H,1-2,5-7H2,3H3,(H,11,12). The van der Waals surface area contributed by atoms with Crippen molar-refractivity contribution in [3.8, 4) is 0 Å². The summed E-state index contributed by atoms with van der Waals surface area (Å²) < 4.78 is 0. The summed E-state index contributed by atoms with van der Waals surface area (Å²) in [7, 11) is 0. The van der Waals surface area contributed by atoms with Gasteiger partial charge in [0.1, 0.15) is 0 Å². The molecule has 0 aliphatic heterocycles. The lowest BCUT2D eigenvalue weighted by molar-refractivity contribution is -0.120. The van der Waals surface area contributed by atoms with Gasteiger partial charge in [-0.25, -0.2) is 0 Å². The largest absolute Gasteiger partial charge is 0.351 e. The predicted octanol–water partition coefficient (Wildman–Crippen LogP) is 0.454. The molecule has 1 amide bonds. The molecule has 0 rings (SSSR count). The molecular formula is C9H16N2O. The topological polar surface area (TPSA) is 41.1 Å². The fraction of sp³-hybridized carbons (Fsp3) is 0.444. The lowest BCUT2D eigenvalue weighted by atomic mass is 10.3. The monoisotopic (exact) mass is 168 g/mol. The quantitative estimate of drug-likeness (QED) is 0.447. The van der Waals surface area contributed by atoms with E-state index in [1.807, 2.05) is 6.92 Å². The van der Waals surface area contributed by atoms with E-state index >= 15 is 0 Å². The van der Waals surface area contributed by atoms with Gasteiger partial charge >= 0.3 is 0 Å². The second-order valence-electron chi connectivity index (χ2n) is 2.65. The molecule has 0 aromatic carbocycles. The Labute approximate surface area is 73.5 Å². The first kappa shape index (κ1) is 10.9. The smallest absolute Gasteiger partial charge is 0.234 e. The van der Waals surface area contributed by atoms with Gasteiger partial charge in [0.2, 0.25) is 5.91 Å². The van der Waals surface area contributed by atoms with Crippen LogP contribution in [-0.4, -0.2) is 25.5 Å². The highest BCUT2D eigenvalue weighted by Gasteiger charge is 1.97. The van der Waals surface area contributed by atoms with Gasteiger partial charge < -0.3 is 10.6 Å². The molecule has 3 nitrogen and oxygen atoms in total. The third kappa shape index (κ3) is 7.02. The van der Waals surface area contributed by atoms with E-state index < -0.39 is 0 Å². The third-order valence-electron chi connectivity index (χ3n) is 1.16. The third-order valence-corrected chi connectivity index (χ3v) is 1.16. The zero-order valence-electron chi connectivity index (χ0n) is 7.52. The van der Waals surface area contributed by atoms with Crippen LogP contribution in [0.25, 0.3) is 0 Å². The highest BCUT2D eigenvalue weighted by molar-refractivity contribution is 5.78. The summed E-state index contributed by atoms with van der Waals surface area (Å²) >= 11 is 0. The number of rotatable bonds is 6. The van der Waals surface area contributed by atoms with Crippen molar-refractivity contribution in [2.45, 2.75) is 6.92 Å². The van der Waals surface area contributed by atoms with Crippen LogP contribution in [0.15, 0.2) is 24.8 Å². The van der Waals surface area contributed by atoms with Crippen molar-refractivity contribution in [2.75, 3.05) is 19.6 Å². The highest BCUT2D eigenvalue weighted by atomic mass is 16.1. The van der Waals surface area contributed by atoms with Crippen LogP contribution in [0.4, 0.5) is 0 Å². The number of nitrogens with one attached hydrogen (secondary N) is 2. The molecule has 0 radical (unpaired) electrons. The van der Waals surface area contributed by atoms with Crippen molar-refractivity contribution in [3.05, 3.63) is 24.8 Å². The van der Waals surface area contributed by atoms with Crippen molar-refractivity contribution in [3.63, 3.8) is 0 Å². The molecule has 12 heavy (non-hydrogen) atoms. The SMILES string of the molecule is C=CCNCC(=O)NCC(=C)C. The van der Waals surface area contributed by atoms with Crippen LogP contribution in [0.5, 0.6) is 0 Å². The van der Waals surface area contributed by atoms with Crippen LogP contribution < -0.4 is 10.6 Å². The van der Waals surface area contributed by atoms with Gasteiger partial charge in [0.15, 0.2) is 0 Å². The van der Waals surface area contributed by atoms with Crippen LogP contribution in [-0.2, 0) is 4.79 Å². The molecule has 2 N–H and O–H groups in total. The van der Waals surface area contributed by atoms with Gasteiger partial charge in [-0.2, -0.15) is 0 Å². The van der Waals surface area contributed by atoms with Crippen molar-refractivity contribution in [2.24, 2.45) is 0 Å². The van der Waals surface area contributed by atoms with Crippen LogP contribution in [0, 0.1) is 0 Å². The Bertz CT molecular complexity index is 175. The van der Waals surface area contributed by atoms with Gasteiger partial charge in [-0.05, 0) is 6.92 Å². The Balaban J connectivity index is 3.33. The second kappa shape index (κ2) is 6.61. The molecule has 0 aliphatic rings. The summed E-state index contributed by atoms with van der Waals surface area (Å²) in [6.07, 6.45) is 1.71. The number of hydrogen-bond acceptors (Lipinski definition) is 2. The minimum absolute atomic E-state index is 0.0140. The first-order valence-corrected chi connectivity index (χ1v) is 3.89. The van der Waals surface area contributed by atoms with E-state index in [1.165, 1.54) is 0 Å². The molecule has 0 saturated heterocycles. The van der Waals surface area contributed by atoms with Gasteiger partial charge in [-0.15, -0.1) is 6.58 Å². The van der Waals surface area contributed by atoms with Crippen molar-refractivity contribution in [1.82, 2.24) is 10.6 Å². The maximum absolute atomic E-state index is 11.0. The van der Waals surface area contributed by atoms with E-state index in [1.54, 1.807) is 6.08 Å². The molecule has 0 aromatic heterocycles. The maximum Gasteiger partial charge on any atom is 0.234 e. The van der Waals surface area contributed by atoms with Crippen LogP contribution in [0.1, 0.15) is 6.92 Å². The molecule has 0 saturated carbocycles. The summed E-state index contributed by atoms with van der Waals surface area (Å²) in [5.41, 5.74) is 0.951. The van der Waals surface area contributed by atoms with E-state index in [2.05, 4.69) is 23.8 Å². The average molecular weight is 168 g/mol. The summed E-state index contributed by atoms with van der Waals surface area (Å²) in [6.45, 7) is 10.6. The molecule has 0 heterocycles. The van der Waals surface area contributed by atoms with E-state index in [0.29, 0.717) is 19.6 Å². The van der Waals surface area contributed by atoms with Crippen LogP contribution in [0.3, 0.4) is 0 Å². The first-order valence-electron chi connectivity index (χ1n) is 3.89. The second-order valence-corrected chi connectivity index (χ2v) is 2.65. The Morgan fingerprint density at radius 3 is 2.67 bits per heavy atom. The van der Waals surface area contributed by atoms with E-state index in [9.17, 15) is 4.79 Å². The number of carbonyl (C=O) groups excluding carboxylic acids is 1. The van der Waals surface area contributed by atoms with Gasteiger partial charge in [-0.1, -0.05) is 18.2 Å². The van der Waals surface area contributed by atoms with E-state index in [0.717, 1.165) is 5.57 Å². The lowest BCUT2D eigenvalue weighted by Gasteiger charge is -2.04. The van der Waals surface area contributed by atoms with Crippen molar-refractivity contribution >= 4 is 5.91 Å². The minimum atomic E-state index is -0.0140. The summed E-state index contributed by atoms with van der Waals surface area (Å²) in [4.78, 5) is 11.0. The van der Waals surface area contributed by atoms with Gasteiger partial charge in [0.05, 0.1) is 6.54 Å². The molecule has 68 valence electrons. The molecule has 0 bridgehead atoms. The minimum Gasteiger partial charge on any atom is -0.351 e. The molecule has 0 aliphatic carbocycles. The summed E-state index contributed by atoms with van der Waals surface area (Å²) in [6, 6.07) is 0. The Kier molecular flexibility index (Phi) is 6.01. The lowest BCUT2D eigenvalue weighted by Crippen LogP contribution is -2.34. The number of amides is 1. The summed E-state index contributed by atoms with van der Waals surface area (Å²) in [5.74, 6) is -0.0140. The molecule has 0 aromatic rings. The Hall–Kier alpha value is -1.09. The van der Waals surface area contributed by atoms with E-state index in [4.69, 9.17) is 0 Å². The van der Waals surface area contributed by atoms with Gasteiger partial charge in [0, 0.05) is 13.1 Å². The fourth-order valence-corrected chi connectivity index (χ4v) is 0.600. The van der Waals surface area contributed by atoms with E-state index in [-0.39, 0.29) is 5.91 Å². The molecule has 0 fully saturated rings. The molecule has 0 atom stereocenters. The normalized spacial score (nSPS) is 9.08. The summed E-state index contributed by atoms with van der Waals surface area (Å²) in [5, 5.41) is 5.60. The predicted molar refractivity (Wildman–Crippen MR) is 50.9 cm³/mol. The molecule has 0 unspecified atom stereocenters.